The van der Waals surface area contributed by atoms with Crippen molar-refractivity contribution in [2.75, 3.05) is 31.7 Å². The highest BCUT2D eigenvalue weighted by atomic mass is 32.2. The van der Waals surface area contributed by atoms with E-state index in [1.807, 2.05) is 36.4 Å². The lowest BCUT2D eigenvalue weighted by molar-refractivity contribution is -0.118. The number of carbonyl (C=O) groups is 3. The molecule has 1 fully saturated rings. The quantitative estimate of drug-likeness (QED) is 0.498. The van der Waals surface area contributed by atoms with Crippen molar-refractivity contribution in [3.63, 3.8) is 0 Å². The number of carbonyl (C=O) groups excluding carboxylic acids is 3. The molecule has 4 rings (SSSR count). The lowest BCUT2D eigenvalue weighted by atomic mass is 10.1. The number of fused-ring (bicyclic) bond motifs is 1. The molecule has 2 aromatic rings. The second-order valence-corrected chi connectivity index (χ2v) is 8.65. The maximum atomic E-state index is 12.1. The number of esters is 1. The van der Waals surface area contributed by atoms with Crippen molar-refractivity contribution in [2.45, 2.75) is 24.5 Å². The van der Waals surface area contributed by atoms with Gasteiger partial charge in [-0.15, -0.1) is 0 Å². The average Bonchev–Trinajstić information content (AvgIpc) is 3.33. The molecule has 1 saturated heterocycles. The van der Waals surface area contributed by atoms with Gasteiger partial charge in [-0.2, -0.15) is 0 Å². The van der Waals surface area contributed by atoms with E-state index >= 15 is 0 Å². The van der Waals surface area contributed by atoms with Gasteiger partial charge in [0.1, 0.15) is 5.75 Å². The summed E-state index contributed by atoms with van der Waals surface area (Å²) in [6, 6.07) is 13.4. The minimum absolute atomic E-state index is 0.228. The third kappa shape index (κ3) is 4.85. The Balaban J connectivity index is 1.26. The maximum absolute atomic E-state index is 12.1. The van der Waals surface area contributed by atoms with Crippen LogP contribution in [0, 0.1) is 0 Å². The van der Waals surface area contributed by atoms with Gasteiger partial charge >= 0.3 is 5.97 Å². The van der Waals surface area contributed by atoms with Gasteiger partial charge in [-0.25, -0.2) is 4.79 Å². The highest BCUT2D eigenvalue weighted by Gasteiger charge is 2.31. The fraction of sp³-hybridized carbons (Fsp3) is 0.348. The van der Waals surface area contributed by atoms with E-state index < -0.39 is 0 Å². The van der Waals surface area contributed by atoms with Crippen LogP contribution in [0.2, 0.25) is 0 Å². The summed E-state index contributed by atoms with van der Waals surface area (Å²) in [5, 5.41) is 1.66. The Kier molecular flexibility index (Phi) is 6.46. The number of nitrogens with zero attached hydrogens (tertiary/aromatic N) is 1. The predicted octanol–water partition coefficient (Wildman–Crippen LogP) is 3.20. The van der Waals surface area contributed by atoms with Crippen LogP contribution in [0.3, 0.4) is 0 Å². The first-order valence-corrected chi connectivity index (χ1v) is 11.1. The van der Waals surface area contributed by atoms with Crippen LogP contribution < -0.4 is 15.0 Å². The SMILES string of the molecule is COC(=O)c1cccc2c1N(CCCOc1ccc(CC3SC(=O)NC3=O)cc1)CC2. The summed E-state index contributed by atoms with van der Waals surface area (Å²) >= 11 is 1.04. The topological polar surface area (TPSA) is 84.9 Å². The summed E-state index contributed by atoms with van der Waals surface area (Å²) in [4.78, 5) is 37.3. The van der Waals surface area contributed by atoms with Crippen LogP contribution in [0.5, 0.6) is 5.75 Å². The van der Waals surface area contributed by atoms with Crippen molar-refractivity contribution in [3.05, 3.63) is 59.2 Å². The van der Waals surface area contributed by atoms with Gasteiger partial charge in [0.2, 0.25) is 5.91 Å². The molecule has 7 nitrogen and oxygen atoms in total. The van der Waals surface area contributed by atoms with Crippen LogP contribution in [-0.4, -0.2) is 49.2 Å². The number of anilines is 1. The minimum Gasteiger partial charge on any atom is -0.494 e. The van der Waals surface area contributed by atoms with Crippen LogP contribution in [0.15, 0.2) is 42.5 Å². The zero-order valence-corrected chi connectivity index (χ0v) is 18.1. The Bertz CT molecular complexity index is 992. The largest absolute Gasteiger partial charge is 0.494 e. The summed E-state index contributed by atoms with van der Waals surface area (Å²) in [6.07, 6.45) is 2.25. The van der Waals surface area contributed by atoms with E-state index in [-0.39, 0.29) is 22.4 Å². The molecule has 162 valence electrons. The summed E-state index contributed by atoms with van der Waals surface area (Å²) < 4.78 is 10.8. The second-order valence-electron chi connectivity index (χ2n) is 7.48. The van der Waals surface area contributed by atoms with Crippen molar-refractivity contribution < 1.29 is 23.9 Å². The Hall–Kier alpha value is -3.00. The predicted molar refractivity (Wildman–Crippen MR) is 119 cm³/mol. The number of imide groups is 1. The number of benzene rings is 2. The van der Waals surface area contributed by atoms with Gasteiger partial charge in [0, 0.05) is 13.1 Å². The number of thioether (sulfide) groups is 1. The highest BCUT2D eigenvalue weighted by molar-refractivity contribution is 8.15. The van der Waals surface area contributed by atoms with E-state index in [1.165, 1.54) is 12.7 Å². The van der Waals surface area contributed by atoms with E-state index in [9.17, 15) is 14.4 Å². The van der Waals surface area contributed by atoms with E-state index in [0.29, 0.717) is 18.6 Å². The summed E-state index contributed by atoms with van der Waals surface area (Å²) in [6.45, 7) is 2.23. The molecule has 0 aromatic heterocycles. The molecule has 31 heavy (non-hydrogen) atoms. The molecule has 2 aromatic carbocycles. The summed E-state index contributed by atoms with van der Waals surface area (Å²) in [7, 11) is 1.40. The molecule has 1 unspecified atom stereocenters. The molecule has 1 atom stereocenters. The molecule has 0 aliphatic carbocycles. The number of methoxy groups -OCH3 is 1. The highest BCUT2D eigenvalue weighted by Crippen LogP contribution is 2.32. The van der Waals surface area contributed by atoms with Gasteiger partial charge < -0.3 is 14.4 Å². The van der Waals surface area contributed by atoms with Crippen molar-refractivity contribution in [2.24, 2.45) is 0 Å². The molecule has 2 aliphatic heterocycles. The zero-order valence-electron chi connectivity index (χ0n) is 17.3. The zero-order chi connectivity index (χ0) is 21.8. The fourth-order valence-electron chi connectivity index (χ4n) is 3.94. The van der Waals surface area contributed by atoms with Crippen molar-refractivity contribution in [1.29, 1.82) is 0 Å². The fourth-order valence-corrected chi connectivity index (χ4v) is 4.80. The van der Waals surface area contributed by atoms with Crippen LogP contribution in [0.1, 0.15) is 27.9 Å². The first kappa shape index (κ1) is 21.2. The molecule has 0 spiro atoms. The Labute approximate surface area is 185 Å². The summed E-state index contributed by atoms with van der Waals surface area (Å²) in [5.41, 5.74) is 3.75. The van der Waals surface area contributed by atoms with Gasteiger partial charge in [0.05, 0.1) is 30.2 Å². The van der Waals surface area contributed by atoms with Crippen LogP contribution >= 0.6 is 11.8 Å². The van der Waals surface area contributed by atoms with Crippen LogP contribution in [0.25, 0.3) is 0 Å². The lowest BCUT2D eigenvalue weighted by Gasteiger charge is -2.21. The molecule has 0 saturated carbocycles. The first-order valence-electron chi connectivity index (χ1n) is 10.2. The molecular formula is C23H24N2O5S. The second kappa shape index (κ2) is 9.43. The molecule has 2 heterocycles. The van der Waals surface area contributed by atoms with Crippen molar-refractivity contribution in [1.82, 2.24) is 5.32 Å². The van der Waals surface area contributed by atoms with Gasteiger partial charge in [-0.05, 0) is 48.6 Å². The van der Waals surface area contributed by atoms with E-state index in [1.54, 1.807) is 0 Å². The number of para-hydroxylation sites is 1. The first-order chi connectivity index (χ1) is 15.0. The van der Waals surface area contributed by atoms with Gasteiger partial charge in [0.25, 0.3) is 5.24 Å². The van der Waals surface area contributed by atoms with Crippen LogP contribution in [0.4, 0.5) is 10.5 Å². The standard InChI is InChI=1S/C23H24N2O5S/c1-29-22(27)18-5-2-4-16-10-12-25(20(16)18)11-3-13-30-17-8-6-15(7-9-17)14-19-21(26)24-23(28)31-19/h2,4-9,19H,3,10-14H2,1H3,(H,24,26,28). The molecule has 1 N–H and O–H groups in total. The Morgan fingerprint density at radius 3 is 2.71 bits per heavy atom. The number of ether oxygens (including phenoxy) is 2. The Morgan fingerprint density at radius 1 is 1.19 bits per heavy atom. The number of nitrogens with one attached hydrogen (secondary N) is 1. The molecule has 0 bridgehead atoms. The molecule has 2 amide bonds. The molecule has 0 radical (unpaired) electrons. The van der Waals surface area contributed by atoms with Gasteiger partial charge in [-0.3, -0.25) is 14.9 Å². The summed E-state index contributed by atoms with van der Waals surface area (Å²) in [5.74, 6) is 0.229. The average molecular weight is 441 g/mol. The number of hydrogen-bond donors (Lipinski definition) is 1. The van der Waals surface area contributed by atoms with Crippen LogP contribution in [-0.2, 0) is 22.4 Å². The normalized spacial score (nSPS) is 17.5. The number of rotatable bonds is 8. The van der Waals surface area contributed by atoms with E-state index in [0.717, 1.165) is 54.7 Å². The third-order valence-electron chi connectivity index (χ3n) is 5.44. The maximum Gasteiger partial charge on any atom is 0.339 e. The molecular weight excluding hydrogens is 416 g/mol. The molecule has 2 aliphatic rings. The monoisotopic (exact) mass is 440 g/mol. The Morgan fingerprint density at radius 2 is 2.00 bits per heavy atom. The van der Waals surface area contributed by atoms with Gasteiger partial charge in [-0.1, -0.05) is 36.0 Å². The smallest absolute Gasteiger partial charge is 0.339 e. The number of amides is 2. The minimum atomic E-state index is -0.363. The van der Waals surface area contributed by atoms with E-state index in [4.69, 9.17) is 9.47 Å². The third-order valence-corrected chi connectivity index (χ3v) is 6.43. The van der Waals surface area contributed by atoms with E-state index in [2.05, 4.69) is 16.3 Å². The number of hydrogen-bond acceptors (Lipinski definition) is 7. The van der Waals surface area contributed by atoms with Crippen molar-refractivity contribution in [3.8, 4) is 5.75 Å². The molecule has 8 heteroatoms. The van der Waals surface area contributed by atoms with Crippen molar-refractivity contribution >= 4 is 34.6 Å². The van der Waals surface area contributed by atoms with Gasteiger partial charge in [0.15, 0.2) is 0 Å². The lowest BCUT2D eigenvalue weighted by Crippen LogP contribution is -2.25.